The summed E-state index contributed by atoms with van der Waals surface area (Å²) in [5.74, 6) is 0.859. The van der Waals surface area contributed by atoms with Gasteiger partial charge >= 0.3 is 0 Å². The van der Waals surface area contributed by atoms with Gasteiger partial charge in [-0.3, -0.25) is 4.79 Å². The Hall–Kier alpha value is -1.82. The minimum atomic E-state index is 0.0309. The van der Waals surface area contributed by atoms with Crippen molar-refractivity contribution in [3.8, 4) is 6.07 Å². The predicted molar refractivity (Wildman–Crippen MR) is 76.2 cm³/mol. The number of nitrogens with one attached hydrogen (secondary N) is 1. The van der Waals surface area contributed by atoms with Gasteiger partial charge in [-0.1, -0.05) is 25.7 Å². The van der Waals surface area contributed by atoms with Gasteiger partial charge in [-0.15, -0.1) is 0 Å². The molecule has 1 aromatic rings. The lowest BCUT2D eigenvalue weighted by molar-refractivity contribution is 0.101. The first kappa shape index (κ1) is 13.6. The first-order valence-electron chi connectivity index (χ1n) is 6.99. The fourth-order valence-electron chi connectivity index (χ4n) is 2.72. The number of nitrogens with zero attached hydrogens (tertiary/aromatic N) is 1. The first-order chi connectivity index (χ1) is 9.20. The van der Waals surface area contributed by atoms with E-state index in [1.165, 1.54) is 25.7 Å². The van der Waals surface area contributed by atoms with E-state index in [1.54, 1.807) is 25.1 Å². The Bertz CT molecular complexity index is 496. The minimum absolute atomic E-state index is 0.0309. The smallest absolute Gasteiger partial charge is 0.159 e. The van der Waals surface area contributed by atoms with Crippen LogP contribution in [0.1, 0.15) is 54.9 Å². The van der Waals surface area contributed by atoms with Gasteiger partial charge in [0, 0.05) is 12.1 Å². The maximum Gasteiger partial charge on any atom is 0.159 e. The van der Waals surface area contributed by atoms with Crippen molar-refractivity contribution in [2.24, 2.45) is 5.92 Å². The molecule has 1 aliphatic rings. The molecule has 3 heteroatoms. The Labute approximate surface area is 114 Å². The number of rotatable bonds is 5. The average molecular weight is 256 g/mol. The second-order valence-electron chi connectivity index (χ2n) is 5.29. The summed E-state index contributed by atoms with van der Waals surface area (Å²) in [7, 11) is 0. The monoisotopic (exact) mass is 256 g/mol. The Morgan fingerprint density at radius 1 is 1.42 bits per heavy atom. The number of ketones is 1. The fraction of sp³-hybridized carbons (Fsp3) is 0.500. The van der Waals surface area contributed by atoms with Crippen molar-refractivity contribution in [1.29, 1.82) is 5.26 Å². The number of carbonyl (C=O) groups excluding carboxylic acids is 1. The number of anilines is 1. The minimum Gasteiger partial charge on any atom is -0.384 e. The standard InChI is InChI=1S/C16H20N2O/c1-12(19)14-6-7-15(11-17)16(10-14)18-9-8-13-4-2-3-5-13/h6-7,10,13,18H,2-5,8-9H2,1H3. The number of hydrogen-bond donors (Lipinski definition) is 1. The maximum atomic E-state index is 11.4. The van der Waals surface area contributed by atoms with Crippen molar-refractivity contribution in [2.75, 3.05) is 11.9 Å². The van der Waals surface area contributed by atoms with Crippen molar-refractivity contribution in [3.05, 3.63) is 29.3 Å². The molecule has 0 bridgehead atoms. The van der Waals surface area contributed by atoms with Crippen LogP contribution in [0.3, 0.4) is 0 Å². The fourth-order valence-corrected chi connectivity index (χ4v) is 2.72. The molecule has 0 unspecified atom stereocenters. The van der Waals surface area contributed by atoms with E-state index in [0.29, 0.717) is 11.1 Å². The molecule has 0 radical (unpaired) electrons. The molecule has 19 heavy (non-hydrogen) atoms. The number of nitriles is 1. The summed E-state index contributed by atoms with van der Waals surface area (Å²) in [4.78, 5) is 11.4. The second-order valence-corrected chi connectivity index (χ2v) is 5.29. The second kappa shape index (κ2) is 6.38. The van der Waals surface area contributed by atoms with E-state index in [4.69, 9.17) is 5.26 Å². The van der Waals surface area contributed by atoms with Gasteiger partial charge < -0.3 is 5.32 Å². The van der Waals surface area contributed by atoms with Crippen LogP contribution in [0.5, 0.6) is 0 Å². The molecular weight excluding hydrogens is 236 g/mol. The Kier molecular flexibility index (Phi) is 4.57. The molecule has 1 fully saturated rings. The summed E-state index contributed by atoms with van der Waals surface area (Å²) >= 11 is 0. The van der Waals surface area contributed by atoms with Crippen LogP contribution in [-0.2, 0) is 0 Å². The van der Waals surface area contributed by atoms with Crippen LogP contribution < -0.4 is 5.32 Å². The third kappa shape index (κ3) is 3.57. The van der Waals surface area contributed by atoms with Crippen LogP contribution >= 0.6 is 0 Å². The van der Waals surface area contributed by atoms with Gasteiger partial charge in [0.2, 0.25) is 0 Å². The molecule has 0 saturated heterocycles. The summed E-state index contributed by atoms with van der Waals surface area (Å²) in [6.45, 7) is 2.42. The molecule has 0 aliphatic heterocycles. The van der Waals surface area contributed by atoms with E-state index < -0.39 is 0 Å². The molecular formula is C16H20N2O. The highest BCUT2D eigenvalue weighted by molar-refractivity contribution is 5.95. The van der Waals surface area contributed by atoms with Gasteiger partial charge in [0.15, 0.2) is 5.78 Å². The van der Waals surface area contributed by atoms with Crippen molar-refractivity contribution in [2.45, 2.75) is 39.0 Å². The molecule has 1 aromatic carbocycles. The summed E-state index contributed by atoms with van der Waals surface area (Å²) in [5.41, 5.74) is 2.05. The largest absolute Gasteiger partial charge is 0.384 e. The topological polar surface area (TPSA) is 52.9 Å². The number of benzene rings is 1. The van der Waals surface area contributed by atoms with E-state index in [0.717, 1.165) is 24.6 Å². The van der Waals surface area contributed by atoms with Gasteiger partial charge in [-0.05, 0) is 37.5 Å². The zero-order valence-corrected chi connectivity index (χ0v) is 11.4. The number of Topliss-reactive ketones (excluding diaryl/α,β-unsaturated/α-hetero) is 1. The van der Waals surface area contributed by atoms with Crippen LogP contribution in [0.15, 0.2) is 18.2 Å². The molecule has 0 heterocycles. The Balaban J connectivity index is 1.99. The highest BCUT2D eigenvalue weighted by Crippen LogP contribution is 2.27. The van der Waals surface area contributed by atoms with E-state index >= 15 is 0 Å². The lowest BCUT2D eigenvalue weighted by atomic mass is 10.0. The third-order valence-electron chi connectivity index (χ3n) is 3.89. The molecule has 1 aliphatic carbocycles. The summed E-state index contributed by atoms with van der Waals surface area (Å²) in [6.07, 6.45) is 6.53. The highest BCUT2D eigenvalue weighted by atomic mass is 16.1. The van der Waals surface area contributed by atoms with Gasteiger partial charge in [0.1, 0.15) is 6.07 Å². The van der Waals surface area contributed by atoms with Crippen LogP contribution in [0.2, 0.25) is 0 Å². The van der Waals surface area contributed by atoms with Gasteiger partial charge in [0.05, 0.1) is 11.3 Å². The van der Waals surface area contributed by atoms with Crippen molar-refractivity contribution in [1.82, 2.24) is 0 Å². The number of hydrogen-bond acceptors (Lipinski definition) is 3. The molecule has 2 rings (SSSR count). The van der Waals surface area contributed by atoms with Crippen molar-refractivity contribution < 1.29 is 4.79 Å². The maximum absolute atomic E-state index is 11.4. The summed E-state index contributed by atoms with van der Waals surface area (Å²) in [6, 6.07) is 7.38. The molecule has 1 saturated carbocycles. The highest BCUT2D eigenvalue weighted by Gasteiger charge is 2.14. The van der Waals surface area contributed by atoms with Crippen LogP contribution in [0.25, 0.3) is 0 Å². The molecule has 0 amide bonds. The van der Waals surface area contributed by atoms with E-state index in [1.807, 2.05) is 0 Å². The normalized spacial score (nSPS) is 15.2. The van der Waals surface area contributed by atoms with Crippen LogP contribution in [0.4, 0.5) is 5.69 Å². The molecule has 1 N–H and O–H groups in total. The van der Waals surface area contributed by atoms with Crippen molar-refractivity contribution >= 4 is 11.5 Å². The molecule has 0 aromatic heterocycles. The SMILES string of the molecule is CC(=O)c1ccc(C#N)c(NCCC2CCCC2)c1. The van der Waals surface area contributed by atoms with Gasteiger partial charge in [0.25, 0.3) is 0 Å². The molecule has 0 spiro atoms. The molecule has 0 atom stereocenters. The van der Waals surface area contributed by atoms with Gasteiger partial charge in [-0.25, -0.2) is 0 Å². The van der Waals surface area contributed by atoms with Crippen molar-refractivity contribution in [3.63, 3.8) is 0 Å². The Morgan fingerprint density at radius 2 is 2.16 bits per heavy atom. The third-order valence-corrected chi connectivity index (χ3v) is 3.89. The zero-order chi connectivity index (χ0) is 13.7. The first-order valence-corrected chi connectivity index (χ1v) is 6.99. The Morgan fingerprint density at radius 3 is 2.79 bits per heavy atom. The average Bonchev–Trinajstić information content (AvgIpc) is 2.91. The van der Waals surface area contributed by atoms with Gasteiger partial charge in [-0.2, -0.15) is 5.26 Å². The lowest BCUT2D eigenvalue weighted by Gasteiger charge is -2.12. The lowest BCUT2D eigenvalue weighted by Crippen LogP contribution is -2.08. The van der Waals surface area contributed by atoms with E-state index in [-0.39, 0.29) is 5.78 Å². The summed E-state index contributed by atoms with van der Waals surface area (Å²) in [5, 5.41) is 12.4. The van der Waals surface area contributed by atoms with Crippen LogP contribution in [0, 0.1) is 17.2 Å². The number of carbonyl (C=O) groups is 1. The predicted octanol–water partition coefficient (Wildman–Crippen LogP) is 3.75. The van der Waals surface area contributed by atoms with E-state index in [2.05, 4.69) is 11.4 Å². The quantitative estimate of drug-likeness (QED) is 0.816. The van der Waals surface area contributed by atoms with Crippen LogP contribution in [-0.4, -0.2) is 12.3 Å². The molecule has 3 nitrogen and oxygen atoms in total. The molecule has 100 valence electrons. The summed E-state index contributed by atoms with van der Waals surface area (Å²) < 4.78 is 0. The zero-order valence-electron chi connectivity index (χ0n) is 11.4. The van der Waals surface area contributed by atoms with E-state index in [9.17, 15) is 4.79 Å².